The van der Waals surface area contributed by atoms with Crippen LogP contribution in [0.5, 0.6) is 0 Å². The molecular formula is C17H16FNOS. The lowest BCUT2D eigenvalue weighted by atomic mass is 10.2. The van der Waals surface area contributed by atoms with Crippen LogP contribution in [0.25, 0.3) is 6.08 Å². The summed E-state index contributed by atoms with van der Waals surface area (Å²) in [4.78, 5) is 12.8. The second-order valence-electron chi connectivity index (χ2n) is 4.34. The third kappa shape index (κ3) is 5.83. The van der Waals surface area contributed by atoms with Gasteiger partial charge in [-0.3, -0.25) is 4.79 Å². The number of halogens is 1. The van der Waals surface area contributed by atoms with Crippen LogP contribution in [0.15, 0.2) is 65.6 Å². The van der Waals surface area contributed by atoms with Crippen molar-refractivity contribution in [3.63, 3.8) is 0 Å². The highest BCUT2D eigenvalue weighted by molar-refractivity contribution is 7.99. The topological polar surface area (TPSA) is 29.1 Å². The Morgan fingerprint density at radius 1 is 1.14 bits per heavy atom. The molecule has 0 aliphatic rings. The van der Waals surface area contributed by atoms with Crippen molar-refractivity contribution >= 4 is 23.7 Å². The van der Waals surface area contributed by atoms with Crippen molar-refractivity contribution in [3.8, 4) is 0 Å². The van der Waals surface area contributed by atoms with Crippen LogP contribution in [0, 0.1) is 5.82 Å². The minimum atomic E-state index is -0.309. The summed E-state index contributed by atoms with van der Waals surface area (Å²) < 4.78 is 13.0. The van der Waals surface area contributed by atoms with Gasteiger partial charge in [-0.2, -0.15) is 0 Å². The summed E-state index contributed by atoms with van der Waals surface area (Å²) >= 11 is 1.69. The third-order valence-corrected chi connectivity index (χ3v) is 3.70. The molecule has 0 unspecified atom stereocenters. The Labute approximate surface area is 128 Å². The maximum Gasteiger partial charge on any atom is 0.244 e. The molecule has 0 aliphatic heterocycles. The minimum Gasteiger partial charge on any atom is -0.352 e. The van der Waals surface area contributed by atoms with Crippen molar-refractivity contribution in [2.45, 2.75) is 4.90 Å². The molecule has 0 saturated heterocycles. The van der Waals surface area contributed by atoms with Crippen LogP contribution in [-0.2, 0) is 4.79 Å². The minimum absolute atomic E-state index is 0.173. The van der Waals surface area contributed by atoms with Gasteiger partial charge in [-0.15, -0.1) is 11.8 Å². The number of thioether (sulfide) groups is 1. The van der Waals surface area contributed by atoms with Gasteiger partial charge in [0, 0.05) is 23.3 Å². The summed E-state index contributed by atoms with van der Waals surface area (Å²) in [5, 5.41) is 2.80. The maximum atomic E-state index is 13.0. The highest BCUT2D eigenvalue weighted by Crippen LogP contribution is 2.15. The van der Waals surface area contributed by atoms with E-state index in [1.54, 1.807) is 30.0 Å². The lowest BCUT2D eigenvalue weighted by Crippen LogP contribution is -2.23. The van der Waals surface area contributed by atoms with Crippen molar-refractivity contribution in [2.24, 2.45) is 0 Å². The summed E-state index contributed by atoms with van der Waals surface area (Å²) in [6.45, 7) is 0.589. The first-order chi connectivity index (χ1) is 10.2. The van der Waals surface area contributed by atoms with Gasteiger partial charge in [-0.05, 0) is 35.9 Å². The molecule has 0 atom stereocenters. The second kappa shape index (κ2) is 8.27. The predicted octanol–water partition coefficient (Wildman–Crippen LogP) is 3.75. The maximum absolute atomic E-state index is 13.0. The summed E-state index contributed by atoms with van der Waals surface area (Å²) in [5.74, 6) is 0.327. The van der Waals surface area contributed by atoms with Crippen molar-refractivity contribution in [3.05, 3.63) is 72.1 Å². The molecule has 0 radical (unpaired) electrons. The molecule has 0 aliphatic carbocycles. The van der Waals surface area contributed by atoms with Crippen LogP contribution in [0.4, 0.5) is 4.39 Å². The summed E-state index contributed by atoms with van der Waals surface area (Å²) in [5.41, 5.74) is 0.670. The number of benzene rings is 2. The number of hydrogen-bond donors (Lipinski definition) is 1. The summed E-state index contributed by atoms with van der Waals surface area (Å²) in [6, 6.07) is 16.1. The number of rotatable bonds is 6. The highest BCUT2D eigenvalue weighted by atomic mass is 32.2. The first-order valence-corrected chi connectivity index (χ1v) is 7.62. The highest BCUT2D eigenvalue weighted by Gasteiger charge is 1.97. The molecule has 2 aromatic carbocycles. The van der Waals surface area contributed by atoms with Crippen LogP contribution in [0.2, 0.25) is 0 Å². The zero-order valence-electron chi connectivity index (χ0n) is 11.5. The fraction of sp³-hybridized carbons (Fsp3) is 0.118. The quantitative estimate of drug-likeness (QED) is 0.500. The SMILES string of the molecule is O=C(/C=C/c1cccc(F)c1)NCCSc1ccccc1. The molecular weight excluding hydrogens is 285 g/mol. The van der Waals surface area contributed by atoms with Crippen molar-refractivity contribution in [1.29, 1.82) is 0 Å². The lowest BCUT2D eigenvalue weighted by Gasteiger charge is -2.02. The number of hydrogen-bond acceptors (Lipinski definition) is 2. The molecule has 108 valence electrons. The van der Waals surface area contributed by atoms with Gasteiger partial charge in [-0.25, -0.2) is 4.39 Å². The Bertz CT molecular complexity index is 613. The van der Waals surface area contributed by atoms with E-state index in [1.165, 1.54) is 23.1 Å². The number of amides is 1. The van der Waals surface area contributed by atoms with E-state index in [1.807, 2.05) is 30.3 Å². The Morgan fingerprint density at radius 2 is 1.95 bits per heavy atom. The van der Waals surface area contributed by atoms with Gasteiger partial charge < -0.3 is 5.32 Å². The van der Waals surface area contributed by atoms with Crippen LogP contribution >= 0.6 is 11.8 Å². The first kappa shape index (κ1) is 15.3. The van der Waals surface area contributed by atoms with Crippen LogP contribution in [0.3, 0.4) is 0 Å². The Hall–Kier alpha value is -2.07. The number of nitrogens with one attached hydrogen (secondary N) is 1. The van der Waals surface area contributed by atoms with Crippen LogP contribution < -0.4 is 5.32 Å². The molecule has 1 N–H and O–H groups in total. The Balaban J connectivity index is 1.70. The van der Waals surface area contributed by atoms with Crippen molar-refractivity contribution in [1.82, 2.24) is 5.32 Å². The van der Waals surface area contributed by atoms with Crippen LogP contribution in [-0.4, -0.2) is 18.2 Å². The summed E-state index contributed by atoms with van der Waals surface area (Å²) in [7, 11) is 0. The summed E-state index contributed by atoms with van der Waals surface area (Å²) in [6.07, 6.45) is 3.02. The molecule has 0 fully saturated rings. The molecule has 1 amide bonds. The van der Waals surface area contributed by atoms with Crippen molar-refractivity contribution in [2.75, 3.05) is 12.3 Å². The van der Waals surface area contributed by atoms with Crippen LogP contribution in [0.1, 0.15) is 5.56 Å². The van der Waals surface area contributed by atoms with Gasteiger partial charge in [0.15, 0.2) is 0 Å². The monoisotopic (exact) mass is 301 g/mol. The van der Waals surface area contributed by atoms with E-state index in [-0.39, 0.29) is 11.7 Å². The predicted molar refractivity (Wildman–Crippen MR) is 85.6 cm³/mol. The third-order valence-electron chi connectivity index (χ3n) is 2.69. The van der Waals surface area contributed by atoms with Gasteiger partial charge in [0.05, 0.1) is 0 Å². The first-order valence-electron chi connectivity index (χ1n) is 6.63. The molecule has 0 saturated carbocycles. The van der Waals surface area contributed by atoms with Gasteiger partial charge in [0.2, 0.25) is 5.91 Å². The largest absolute Gasteiger partial charge is 0.352 e. The van der Waals surface area contributed by atoms with Gasteiger partial charge in [0.1, 0.15) is 5.82 Å². The zero-order valence-corrected chi connectivity index (χ0v) is 12.3. The Kier molecular flexibility index (Phi) is 6.03. The molecule has 4 heteroatoms. The van der Waals surface area contributed by atoms with E-state index in [4.69, 9.17) is 0 Å². The normalized spacial score (nSPS) is 10.7. The molecule has 0 aromatic heterocycles. The smallest absolute Gasteiger partial charge is 0.244 e. The number of carbonyl (C=O) groups excluding carboxylic acids is 1. The van der Waals surface area contributed by atoms with Gasteiger partial charge >= 0.3 is 0 Å². The van der Waals surface area contributed by atoms with Gasteiger partial charge in [-0.1, -0.05) is 30.3 Å². The van der Waals surface area contributed by atoms with E-state index in [2.05, 4.69) is 5.32 Å². The number of carbonyl (C=O) groups is 1. The molecule has 2 aromatic rings. The van der Waals surface area contributed by atoms with E-state index in [0.717, 1.165) is 5.75 Å². The van der Waals surface area contributed by atoms with E-state index in [0.29, 0.717) is 12.1 Å². The molecule has 0 bridgehead atoms. The van der Waals surface area contributed by atoms with E-state index >= 15 is 0 Å². The standard InChI is InChI=1S/C17H16FNOS/c18-15-6-4-5-14(13-15)9-10-17(20)19-11-12-21-16-7-2-1-3-8-16/h1-10,13H,11-12H2,(H,19,20)/b10-9+. The van der Waals surface area contributed by atoms with Gasteiger partial charge in [0.25, 0.3) is 0 Å². The fourth-order valence-electron chi connectivity index (χ4n) is 1.70. The average molecular weight is 301 g/mol. The molecule has 0 spiro atoms. The molecule has 2 rings (SSSR count). The molecule has 0 heterocycles. The lowest BCUT2D eigenvalue weighted by molar-refractivity contribution is -0.116. The Morgan fingerprint density at radius 3 is 2.71 bits per heavy atom. The zero-order chi connectivity index (χ0) is 14.9. The molecule has 21 heavy (non-hydrogen) atoms. The van der Waals surface area contributed by atoms with E-state index in [9.17, 15) is 9.18 Å². The fourth-order valence-corrected chi connectivity index (χ4v) is 2.49. The average Bonchev–Trinajstić information content (AvgIpc) is 2.51. The van der Waals surface area contributed by atoms with E-state index < -0.39 is 0 Å². The van der Waals surface area contributed by atoms with Crippen molar-refractivity contribution < 1.29 is 9.18 Å². The second-order valence-corrected chi connectivity index (χ2v) is 5.51. The molecule has 2 nitrogen and oxygen atoms in total.